The van der Waals surface area contributed by atoms with Gasteiger partial charge in [-0.1, -0.05) is 33.1 Å². The zero-order valence-electron chi connectivity index (χ0n) is 11.9. The van der Waals surface area contributed by atoms with Gasteiger partial charge in [-0.2, -0.15) is 0 Å². The number of rotatable bonds is 6. The van der Waals surface area contributed by atoms with E-state index in [1.54, 1.807) is 13.8 Å². The monoisotopic (exact) mass is 270 g/mol. The van der Waals surface area contributed by atoms with Gasteiger partial charge in [0.2, 0.25) is 5.91 Å². The van der Waals surface area contributed by atoms with E-state index in [0.717, 1.165) is 25.7 Å². The first-order chi connectivity index (χ1) is 8.90. The fraction of sp³-hybridized carbons (Fsp3) is 0.857. The lowest BCUT2D eigenvalue weighted by molar-refractivity contribution is -0.143. The molecule has 0 aromatic carbocycles. The van der Waals surface area contributed by atoms with Crippen LogP contribution in [-0.4, -0.2) is 29.6 Å². The summed E-state index contributed by atoms with van der Waals surface area (Å²) in [7, 11) is 0. The molecule has 0 unspecified atom stereocenters. The van der Waals surface area contributed by atoms with Gasteiger partial charge in [0, 0.05) is 6.42 Å². The van der Waals surface area contributed by atoms with E-state index in [0.29, 0.717) is 13.0 Å². The molecule has 0 radical (unpaired) electrons. The highest BCUT2D eigenvalue weighted by Gasteiger charge is 2.34. The number of carboxylic acid groups (broad SMARTS) is 1. The molecule has 0 aromatic rings. The molecule has 0 bridgehead atoms. The van der Waals surface area contributed by atoms with Gasteiger partial charge >= 0.3 is 5.97 Å². The van der Waals surface area contributed by atoms with Gasteiger partial charge in [0.1, 0.15) is 6.04 Å². The highest BCUT2D eigenvalue weighted by atomic mass is 16.4. The molecule has 1 amide bonds. The van der Waals surface area contributed by atoms with Crippen molar-refractivity contribution in [2.75, 3.05) is 6.54 Å². The molecule has 1 rings (SSSR count). The third-order valence-electron chi connectivity index (χ3n) is 4.13. The highest BCUT2D eigenvalue weighted by molar-refractivity contribution is 5.84. The van der Waals surface area contributed by atoms with Crippen LogP contribution in [0.1, 0.15) is 52.4 Å². The number of hydrogen-bond donors (Lipinski definition) is 3. The Balaban J connectivity index is 2.59. The molecule has 5 heteroatoms. The molecule has 1 aliphatic rings. The van der Waals surface area contributed by atoms with E-state index in [4.69, 9.17) is 10.8 Å². The maximum absolute atomic E-state index is 12.1. The van der Waals surface area contributed by atoms with Crippen LogP contribution in [0.3, 0.4) is 0 Å². The van der Waals surface area contributed by atoms with Crippen molar-refractivity contribution >= 4 is 11.9 Å². The predicted octanol–water partition coefficient (Wildman–Crippen LogP) is 1.51. The van der Waals surface area contributed by atoms with E-state index in [2.05, 4.69) is 5.32 Å². The minimum Gasteiger partial charge on any atom is -0.480 e. The number of carboxylic acids is 1. The first-order valence-corrected chi connectivity index (χ1v) is 7.12. The second kappa shape index (κ2) is 6.89. The number of carbonyl (C=O) groups excluding carboxylic acids is 1. The third-order valence-corrected chi connectivity index (χ3v) is 4.13. The van der Waals surface area contributed by atoms with Crippen molar-refractivity contribution in [3.63, 3.8) is 0 Å². The number of nitrogens with one attached hydrogen (secondary N) is 1. The summed E-state index contributed by atoms with van der Waals surface area (Å²) in [6.07, 6.45) is 5.70. The SMILES string of the molecule is CC(C)[C@@H](NC(=O)CC1(CN)CCCCC1)C(=O)O. The van der Waals surface area contributed by atoms with E-state index in [-0.39, 0.29) is 17.2 Å². The lowest BCUT2D eigenvalue weighted by Crippen LogP contribution is -2.47. The largest absolute Gasteiger partial charge is 0.480 e. The van der Waals surface area contributed by atoms with Crippen molar-refractivity contribution < 1.29 is 14.7 Å². The third kappa shape index (κ3) is 4.49. The molecular formula is C14H26N2O3. The van der Waals surface area contributed by atoms with Crippen molar-refractivity contribution in [3.8, 4) is 0 Å². The normalized spacial score (nSPS) is 20.0. The molecule has 0 heterocycles. The Kier molecular flexibility index (Phi) is 5.79. The van der Waals surface area contributed by atoms with Crippen molar-refractivity contribution in [1.29, 1.82) is 0 Å². The van der Waals surface area contributed by atoms with E-state index in [1.165, 1.54) is 6.42 Å². The Morgan fingerprint density at radius 2 is 1.84 bits per heavy atom. The second-order valence-electron chi connectivity index (χ2n) is 6.07. The van der Waals surface area contributed by atoms with Crippen LogP contribution in [0.2, 0.25) is 0 Å². The summed E-state index contributed by atoms with van der Waals surface area (Å²) >= 11 is 0. The molecule has 19 heavy (non-hydrogen) atoms. The molecule has 1 atom stereocenters. The molecule has 0 aliphatic heterocycles. The highest BCUT2D eigenvalue weighted by Crippen LogP contribution is 2.38. The quantitative estimate of drug-likeness (QED) is 0.682. The molecule has 5 nitrogen and oxygen atoms in total. The minimum atomic E-state index is -0.978. The summed E-state index contributed by atoms with van der Waals surface area (Å²) in [5.74, 6) is -1.29. The first-order valence-electron chi connectivity index (χ1n) is 7.12. The number of hydrogen-bond acceptors (Lipinski definition) is 3. The van der Waals surface area contributed by atoms with Crippen molar-refractivity contribution in [2.24, 2.45) is 17.1 Å². The average molecular weight is 270 g/mol. The zero-order valence-corrected chi connectivity index (χ0v) is 11.9. The summed E-state index contributed by atoms with van der Waals surface area (Å²) in [4.78, 5) is 23.1. The van der Waals surface area contributed by atoms with Gasteiger partial charge in [0.05, 0.1) is 0 Å². The summed E-state index contributed by atoms with van der Waals surface area (Å²) in [6.45, 7) is 4.08. The van der Waals surface area contributed by atoms with Gasteiger partial charge < -0.3 is 16.2 Å². The van der Waals surface area contributed by atoms with Gasteiger partial charge in [-0.25, -0.2) is 4.79 Å². The van der Waals surface area contributed by atoms with Gasteiger partial charge in [0.25, 0.3) is 0 Å². The Labute approximate surface area is 114 Å². The lowest BCUT2D eigenvalue weighted by atomic mass is 9.71. The van der Waals surface area contributed by atoms with Crippen molar-refractivity contribution in [3.05, 3.63) is 0 Å². The van der Waals surface area contributed by atoms with Gasteiger partial charge in [-0.15, -0.1) is 0 Å². The average Bonchev–Trinajstić information content (AvgIpc) is 2.36. The minimum absolute atomic E-state index is 0.123. The summed E-state index contributed by atoms with van der Waals surface area (Å²) in [5, 5.41) is 11.7. The molecule has 4 N–H and O–H groups in total. The topological polar surface area (TPSA) is 92.4 Å². The van der Waals surface area contributed by atoms with Crippen LogP contribution in [0, 0.1) is 11.3 Å². The van der Waals surface area contributed by atoms with Crippen LogP contribution in [0.25, 0.3) is 0 Å². The lowest BCUT2D eigenvalue weighted by Gasteiger charge is -2.36. The number of carbonyl (C=O) groups is 2. The van der Waals surface area contributed by atoms with Crippen LogP contribution >= 0.6 is 0 Å². The van der Waals surface area contributed by atoms with Crippen molar-refractivity contribution in [1.82, 2.24) is 5.32 Å². The smallest absolute Gasteiger partial charge is 0.326 e. The van der Waals surface area contributed by atoms with Gasteiger partial charge in [-0.3, -0.25) is 4.79 Å². The summed E-state index contributed by atoms with van der Waals surface area (Å²) in [5.41, 5.74) is 5.72. The fourth-order valence-electron chi connectivity index (χ4n) is 2.83. The standard InChI is InChI=1S/C14H26N2O3/c1-10(2)12(13(18)19)16-11(17)8-14(9-15)6-4-3-5-7-14/h10,12H,3-9,15H2,1-2H3,(H,16,17)(H,18,19)/t12-/m1/s1. The molecule has 1 saturated carbocycles. The predicted molar refractivity (Wildman–Crippen MR) is 73.6 cm³/mol. The Morgan fingerprint density at radius 1 is 1.26 bits per heavy atom. The maximum Gasteiger partial charge on any atom is 0.326 e. The fourth-order valence-corrected chi connectivity index (χ4v) is 2.83. The van der Waals surface area contributed by atoms with E-state index in [1.807, 2.05) is 0 Å². The van der Waals surface area contributed by atoms with Crippen LogP contribution < -0.4 is 11.1 Å². The van der Waals surface area contributed by atoms with Crippen LogP contribution in [0.4, 0.5) is 0 Å². The Morgan fingerprint density at radius 3 is 2.26 bits per heavy atom. The van der Waals surface area contributed by atoms with E-state index >= 15 is 0 Å². The molecule has 1 fully saturated rings. The second-order valence-corrected chi connectivity index (χ2v) is 6.07. The first kappa shape index (κ1) is 16.0. The molecular weight excluding hydrogens is 244 g/mol. The summed E-state index contributed by atoms with van der Waals surface area (Å²) in [6, 6.07) is -0.814. The summed E-state index contributed by atoms with van der Waals surface area (Å²) < 4.78 is 0. The number of aliphatic carboxylic acids is 1. The van der Waals surface area contributed by atoms with Crippen LogP contribution in [-0.2, 0) is 9.59 Å². The van der Waals surface area contributed by atoms with E-state index in [9.17, 15) is 9.59 Å². The molecule has 0 aromatic heterocycles. The van der Waals surface area contributed by atoms with E-state index < -0.39 is 12.0 Å². The number of amides is 1. The van der Waals surface area contributed by atoms with Crippen molar-refractivity contribution in [2.45, 2.75) is 58.4 Å². The number of nitrogens with two attached hydrogens (primary N) is 1. The van der Waals surface area contributed by atoms with Crippen LogP contribution in [0.15, 0.2) is 0 Å². The molecule has 1 aliphatic carbocycles. The van der Waals surface area contributed by atoms with Gasteiger partial charge in [0.15, 0.2) is 0 Å². The molecule has 110 valence electrons. The molecule has 0 spiro atoms. The molecule has 0 saturated heterocycles. The van der Waals surface area contributed by atoms with Crippen LogP contribution in [0.5, 0.6) is 0 Å². The van der Waals surface area contributed by atoms with Gasteiger partial charge in [-0.05, 0) is 30.7 Å². The Bertz CT molecular complexity index is 323. The Hall–Kier alpha value is -1.10. The zero-order chi connectivity index (χ0) is 14.5. The maximum atomic E-state index is 12.1.